The zero-order chi connectivity index (χ0) is 19.0. The molecule has 5 nitrogen and oxygen atoms in total. The van der Waals surface area contributed by atoms with E-state index in [1.54, 1.807) is 6.07 Å². The number of likely N-dealkylation sites (tertiary alicyclic amines) is 1. The van der Waals surface area contributed by atoms with Crippen LogP contribution in [0, 0.1) is 23.5 Å². The fourth-order valence-electron chi connectivity index (χ4n) is 4.26. The van der Waals surface area contributed by atoms with Crippen LogP contribution >= 0.6 is 0 Å². The van der Waals surface area contributed by atoms with Gasteiger partial charge in [-0.3, -0.25) is 9.88 Å². The number of ether oxygens (including phenoxy) is 1. The van der Waals surface area contributed by atoms with Gasteiger partial charge >= 0.3 is 0 Å². The molecule has 1 aromatic carbocycles. The Morgan fingerprint density at radius 3 is 2.48 bits per heavy atom. The van der Waals surface area contributed by atoms with Crippen molar-refractivity contribution in [2.75, 3.05) is 19.6 Å². The van der Waals surface area contributed by atoms with Gasteiger partial charge in [-0.25, -0.2) is 8.78 Å². The molecule has 0 spiro atoms. The second-order valence-corrected chi connectivity index (χ2v) is 7.48. The smallest absolute Gasteiger partial charge is 0.162 e. The van der Waals surface area contributed by atoms with Crippen molar-refractivity contribution in [2.45, 2.75) is 25.0 Å². The van der Waals surface area contributed by atoms with Gasteiger partial charge in [-0.2, -0.15) is 0 Å². The lowest BCUT2D eigenvalue weighted by Crippen LogP contribution is -2.29. The SMILES string of the molecule is Oc1ccc(C(O)CN2C[C@H]3C[C@H](Oc4ccc(F)c(F)c4)C[C@H]3C2)nc1. The lowest BCUT2D eigenvalue weighted by molar-refractivity contribution is 0.113. The zero-order valence-corrected chi connectivity index (χ0v) is 14.8. The molecule has 1 aliphatic heterocycles. The fourth-order valence-corrected chi connectivity index (χ4v) is 4.26. The Morgan fingerprint density at radius 2 is 1.85 bits per heavy atom. The number of aromatic hydroxyl groups is 1. The van der Waals surface area contributed by atoms with Gasteiger partial charge in [0.25, 0.3) is 0 Å². The highest BCUT2D eigenvalue weighted by Crippen LogP contribution is 2.40. The van der Waals surface area contributed by atoms with E-state index in [-0.39, 0.29) is 11.9 Å². The summed E-state index contributed by atoms with van der Waals surface area (Å²) in [5.74, 6) is -0.379. The molecule has 27 heavy (non-hydrogen) atoms. The zero-order valence-electron chi connectivity index (χ0n) is 14.8. The number of nitrogens with zero attached hydrogens (tertiary/aromatic N) is 2. The summed E-state index contributed by atoms with van der Waals surface area (Å²) in [4.78, 5) is 6.29. The quantitative estimate of drug-likeness (QED) is 0.840. The average molecular weight is 376 g/mol. The standard InChI is InChI=1S/C20H22F2N2O3/c21-17-3-2-15(7-18(17)22)27-16-5-12-9-24(10-13(12)6-16)11-20(26)19-4-1-14(25)8-23-19/h1-4,7-8,12-13,16,20,25-26H,5-6,9-11H2/t12-,13+,16+,20?. The topological polar surface area (TPSA) is 65.8 Å². The number of aliphatic hydroxyl groups excluding tert-OH is 1. The number of aliphatic hydroxyl groups is 1. The highest BCUT2D eigenvalue weighted by molar-refractivity contribution is 5.24. The number of benzene rings is 1. The van der Waals surface area contributed by atoms with Crippen molar-refractivity contribution in [1.82, 2.24) is 9.88 Å². The normalized spacial score (nSPS) is 26.1. The van der Waals surface area contributed by atoms with Crippen LogP contribution in [0.25, 0.3) is 0 Å². The lowest BCUT2D eigenvalue weighted by atomic mass is 10.0. The highest BCUT2D eigenvalue weighted by Gasteiger charge is 2.42. The van der Waals surface area contributed by atoms with Gasteiger partial charge < -0.3 is 14.9 Å². The summed E-state index contributed by atoms with van der Waals surface area (Å²) in [6.07, 6.45) is 2.38. The molecule has 2 heterocycles. The first kappa shape index (κ1) is 18.1. The first-order chi connectivity index (χ1) is 13.0. The third kappa shape index (κ3) is 4.04. The van der Waals surface area contributed by atoms with Gasteiger partial charge in [0, 0.05) is 25.7 Å². The van der Waals surface area contributed by atoms with Crippen molar-refractivity contribution < 1.29 is 23.7 Å². The molecule has 2 aliphatic rings. The van der Waals surface area contributed by atoms with Crippen molar-refractivity contribution in [1.29, 1.82) is 0 Å². The summed E-state index contributed by atoms with van der Waals surface area (Å²) < 4.78 is 32.2. The van der Waals surface area contributed by atoms with Crippen LogP contribution < -0.4 is 4.74 Å². The number of pyridine rings is 1. The van der Waals surface area contributed by atoms with Gasteiger partial charge in [-0.1, -0.05) is 0 Å². The van der Waals surface area contributed by atoms with Gasteiger partial charge in [0.1, 0.15) is 17.6 Å². The van der Waals surface area contributed by atoms with Gasteiger partial charge in [0.2, 0.25) is 0 Å². The molecule has 0 amide bonds. The molecular formula is C20H22F2N2O3. The molecule has 0 radical (unpaired) electrons. The first-order valence-electron chi connectivity index (χ1n) is 9.15. The van der Waals surface area contributed by atoms with E-state index in [9.17, 15) is 19.0 Å². The maximum absolute atomic E-state index is 13.3. The van der Waals surface area contributed by atoms with Crippen LogP contribution in [0.4, 0.5) is 8.78 Å². The van der Waals surface area contributed by atoms with Gasteiger partial charge in [0.05, 0.1) is 18.0 Å². The van der Waals surface area contributed by atoms with Gasteiger partial charge in [-0.05, 0) is 48.9 Å². The maximum atomic E-state index is 13.3. The van der Waals surface area contributed by atoms with Crippen molar-refractivity contribution in [3.63, 3.8) is 0 Å². The van der Waals surface area contributed by atoms with Crippen LogP contribution in [-0.2, 0) is 0 Å². The number of hydrogen-bond donors (Lipinski definition) is 2. The number of aromatic nitrogens is 1. The third-order valence-electron chi connectivity index (χ3n) is 5.52. The predicted octanol–water partition coefficient (Wildman–Crippen LogP) is 2.89. The van der Waals surface area contributed by atoms with E-state index in [0.717, 1.165) is 38.1 Å². The number of halogens is 2. The maximum Gasteiger partial charge on any atom is 0.162 e. The molecule has 2 N–H and O–H groups in total. The average Bonchev–Trinajstić information content (AvgIpc) is 3.16. The predicted molar refractivity (Wildman–Crippen MR) is 94.3 cm³/mol. The number of hydrogen-bond acceptors (Lipinski definition) is 5. The largest absolute Gasteiger partial charge is 0.506 e. The summed E-state index contributed by atoms with van der Waals surface area (Å²) in [7, 11) is 0. The first-order valence-corrected chi connectivity index (χ1v) is 9.15. The molecule has 4 atom stereocenters. The number of fused-ring (bicyclic) bond motifs is 1. The molecule has 2 fully saturated rings. The number of β-amino-alcohol motifs (C(OH)–C–C–N with tert-alkyl or cyclic N) is 1. The van der Waals surface area contributed by atoms with E-state index in [2.05, 4.69) is 9.88 Å². The minimum absolute atomic E-state index is 0.00991. The molecule has 0 bridgehead atoms. The second kappa shape index (κ2) is 7.40. The molecule has 1 saturated heterocycles. The van der Waals surface area contributed by atoms with Crippen LogP contribution in [0.1, 0.15) is 24.6 Å². The molecule has 2 aromatic rings. The molecule has 144 valence electrons. The Hall–Kier alpha value is -2.25. The van der Waals surface area contributed by atoms with E-state index in [4.69, 9.17) is 4.74 Å². The Kier molecular flexibility index (Phi) is 4.97. The summed E-state index contributed by atoms with van der Waals surface area (Å²) in [6.45, 7) is 2.24. The van der Waals surface area contributed by atoms with Crippen LogP contribution in [-0.4, -0.2) is 45.8 Å². The molecular weight excluding hydrogens is 354 g/mol. The minimum atomic E-state index is -0.895. The van der Waals surface area contributed by atoms with E-state index >= 15 is 0 Å². The Morgan fingerprint density at radius 1 is 1.11 bits per heavy atom. The molecule has 7 heteroatoms. The minimum Gasteiger partial charge on any atom is -0.506 e. The number of rotatable bonds is 5. The molecule has 1 aliphatic carbocycles. The summed E-state index contributed by atoms with van der Waals surface area (Å²) >= 11 is 0. The Balaban J connectivity index is 1.29. The summed E-state index contributed by atoms with van der Waals surface area (Å²) in [5.41, 5.74) is 0.546. The van der Waals surface area contributed by atoms with Crippen LogP contribution in [0.15, 0.2) is 36.5 Å². The summed E-state index contributed by atoms with van der Waals surface area (Å²) in [5, 5.41) is 19.6. The lowest BCUT2D eigenvalue weighted by Gasteiger charge is -2.22. The van der Waals surface area contributed by atoms with Crippen LogP contribution in [0.3, 0.4) is 0 Å². The highest BCUT2D eigenvalue weighted by atomic mass is 19.2. The third-order valence-corrected chi connectivity index (χ3v) is 5.52. The Labute approximate surface area is 156 Å². The van der Waals surface area contributed by atoms with E-state index in [1.165, 1.54) is 18.3 Å². The van der Waals surface area contributed by atoms with Gasteiger partial charge in [-0.15, -0.1) is 0 Å². The monoisotopic (exact) mass is 376 g/mol. The van der Waals surface area contributed by atoms with Gasteiger partial charge in [0.15, 0.2) is 11.6 Å². The van der Waals surface area contributed by atoms with E-state index < -0.39 is 17.7 Å². The molecule has 4 rings (SSSR count). The van der Waals surface area contributed by atoms with Crippen molar-refractivity contribution in [3.05, 3.63) is 53.9 Å². The van der Waals surface area contributed by atoms with E-state index in [0.29, 0.717) is 29.8 Å². The molecule has 1 aromatic heterocycles. The molecule has 1 saturated carbocycles. The second-order valence-electron chi connectivity index (χ2n) is 7.48. The van der Waals surface area contributed by atoms with Crippen LogP contribution in [0.2, 0.25) is 0 Å². The summed E-state index contributed by atoms with van der Waals surface area (Å²) in [6, 6.07) is 6.78. The van der Waals surface area contributed by atoms with Crippen molar-refractivity contribution >= 4 is 0 Å². The van der Waals surface area contributed by atoms with Crippen molar-refractivity contribution in [3.8, 4) is 11.5 Å². The molecule has 1 unspecified atom stereocenters. The Bertz CT molecular complexity index is 788. The van der Waals surface area contributed by atoms with Crippen molar-refractivity contribution in [2.24, 2.45) is 11.8 Å². The van der Waals surface area contributed by atoms with E-state index in [1.807, 2.05) is 0 Å². The fraction of sp³-hybridized carbons (Fsp3) is 0.450. The van der Waals surface area contributed by atoms with Crippen LogP contribution in [0.5, 0.6) is 11.5 Å².